The van der Waals surface area contributed by atoms with Crippen LogP contribution >= 0.6 is 11.6 Å². The Kier molecular flexibility index (Phi) is 5.62. The summed E-state index contributed by atoms with van der Waals surface area (Å²) in [4.78, 5) is 23.2. The van der Waals surface area contributed by atoms with E-state index in [1.807, 2.05) is 0 Å². The molecule has 1 saturated carbocycles. The fourth-order valence-corrected chi connectivity index (χ4v) is 3.12. The quantitative estimate of drug-likeness (QED) is 0.850. The molecule has 0 aliphatic heterocycles. The number of anilines is 1. The highest BCUT2D eigenvalue weighted by molar-refractivity contribution is 6.34. The average molecular weight is 310 g/mol. The molecule has 21 heavy (non-hydrogen) atoms. The minimum Gasteiger partial charge on any atom is -0.478 e. The van der Waals surface area contributed by atoms with Crippen molar-refractivity contribution >= 4 is 29.2 Å². The van der Waals surface area contributed by atoms with Crippen LogP contribution in [0.3, 0.4) is 0 Å². The number of rotatable bonds is 5. The van der Waals surface area contributed by atoms with Crippen molar-refractivity contribution in [2.75, 3.05) is 5.32 Å². The maximum absolute atomic E-state index is 12.0. The third kappa shape index (κ3) is 4.46. The van der Waals surface area contributed by atoms with Crippen molar-refractivity contribution in [1.82, 2.24) is 0 Å². The van der Waals surface area contributed by atoms with Crippen LogP contribution < -0.4 is 5.32 Å². The predicted molar refractivity (Wildman–Crippen MR) is 82.9 cm³/mol. The van der Waals surface area contributed by atoms with Crippen molar-refractivity contribution < 1.29 is 14.7 Å². The van der Waals surface area contributed by atoms with Crippen LogP contribution in [0.15, 0.2) is 18.2 Å². The highest BCUT2D eigenvalue weighted by atomic mass is 35.5. The maximum atomic E-state index is 12.0. The molecule has 0 spiro atoms. The van der Waals surface area contributed by atoms with E-state index in [0.29, 0.717) is 12.3 Å². The Balaban J connectivity index is 1.93. The van der Waals surface area contributed by atoms with Gasteiger partial charge >= 0.3 is 5.97 Å². The van der Waals surface area contributed by atoms with Gasteiger partial charge in [0.15, 0.2) is 0 Å². The van der Waals surface area contributed by atoms with E-state index in [2.05, 4.69) is 5.32 Å². The van der Waals surface area contributed by atoms with E-state index >= 15 is 0 Å². The third-order valence-corrected chi connectivity index (χ3v) is 4.32. The van der Waals surface area contributed by atoms with Crippen LogP contribution in [-0.2, 0) is 4.79 Å². The predicted octanol–water partition coefficient (Wildman–Crippen LogP) is 4.34. The standard InChI is InChI=1S/C16H20ClNO3/c17-12-7-4-8-13(15(12)16(20)21)18-14(19)10-9-11-5-2-1-3-6-11/h4,7-8,11H,1-3,5-6,9-10H2,(H,18,19)(H,20,21). The van der Waals surface area contributed by atoms with E-state index in [-0.39, 0.29) is 22.2 Å². The molecule has 114 valence electrons. The highest BCUT2D eigenvalue weighted by Crippen LogP contribution is 2.28. The molecule has 0 saturated heterocycles. The van der Waals surface area contributed by atoms with Gasteiger partial charge in [-0.1, -0.05) is 49.8 Å². The molecule has 0 aromatic heterocycles. The zero-order valence-corrected chi connectivity index (χ0v) is 12.7. The lowest BCUT2D eigenvalue weighted by Crippen LogP contribution is -2.16. The molecular formula is C16H20ClNO3. The molecule has 0 heterocycles. The van der Waals surface area contributed by atoms with Crippen molar-refractivity contribution in [3.8, 4) is 0 Å². The van der Waals surface area contributed by atoms with Gasteiger partial charge in [0.2, 0.25) is 5.91 Å². The number of hydrogen-bond acceptors (Lipinski definition) is 2. The largest absolute Gasteiger partial charge is 0.478 e. The third-order valence-electron chi connectivity index (χ3n) is 4.01. The number of amides is 1. The minimum absolute atomic E-state index is 0.0508. The zero-order chi connectivity index (χ0) is 15.2. The van der Waals surface area contributed by atoms with Gasteiger partial charge in [-0.15, -0.1) is 0 Å². The van der Waals surface area contributed by atoms with Crippen molar-refractivity contribution in [2.45, 2.75) is 44.9 Å². The van der Waals surface area contributed by atoms with E-state index in [1.54, 1.807) is 12.1 Å². The molecule has 1 aliphatic carbocycles. The van der Waals surface area contributed by atoms with Crippen LogP contribution in [0, 0.1) is 5.92 Å². The highest BCUT2D eigenvalue weighted by Gasteiger charge is 2.18. The number of nitrogens with one attached hydrogen (secondary N) is 1. The Labute approximate surface area is 129 Å². The molecule has 0 bridgehead atoms. The summed E-state index contributed by atoms with van der Waals surface area (Å²) in [6, 6.07) is 4.70. The van der Waals surface area contributed by atoms with Crippen LogP contribution in [-0.4, -0.2) is 17.0 Å². The van der Waals surface area contributed by atoms with Crippen LogP contribution in [0.2, 0.25) is 5.02 Å². The summed E-state index contributed by atoms with van der Waals surface area (Å²) in [5, 5.41) is 12.0. The summed E-state index contributed by atoms with van der Waals surface area (Å²) in [7, 11) is 0. The normalized spacial score (nSPS) is 15.7. The van der Waals surface area contributed by atoms with Crippen LogP contribution in [0.1, 0.15) is 55.3 Å². The second-order valence-electron chi connectivity index (χ2n) is 5.56. The summed E-state index contributed by atoms with van der Waals surface area (Å²) in [6.07, 6.45) is 7.50. The monoisotopic (exact) mass is 309 g/mol. The first-order valence-electron chi connectivity index (χ1n) is 7.39. The number of benzene rings is 1. The van der Waals surface area contributed by atoms with Crippen LogP contribution in [0.5, 0.6) is 0 Å². The topological polar surface area (TPSA) is 66.4 Å². The van der Waals surface area contributed by atoms with E-state index in [9.17, 15) is 9.59 Å². The van der Waals surface area contributed by atoms with Gasteiger partial charge < -0.3 is 10.4 Å². The average Bonchev–Trinajstić information content (AvgIpc) is 2.46. The Morgan fingerprint density at radius 2 is 1.95 bits per heavy atom. The first-order valence-corrected chi connectivity index (χ1v) is 7.77. The molecule has 2 rings (SSSR count). The van der Waals surface area contributed by atoms with E-state index in [4.69, 9.17) is 16.7 Å². The molecule has 2 N–H and O–H groups in total. The molecule has 1 fully saturated rings. The molecule has 1 aromatic carbocycles. The van der Waals surface area contributed by atoms with Gasteiger partial charge in [-0.25, -0.2) is 4.79 Å². The van der Waals surface area contributed by atoms with Crippen LogP contribution in [0.4, 0.5) is 5.69 Å². The molecule has 1 amide bonds. The molecule has 1 aliphatic rings. The number of hydrogen-bond donors (Lipinski definition) is 2. The van der Waals surface area contributed by atoms with Gasteiger partial charge in [0.25, 0.3) is 0 Å². The Bertz CT molecular complexity index is 524. The molecule has 5 heteroatoms. The van der Waals surface area contributed by atoms with Gasteiger partial charge in [-0.05, 0) is 24.5 Å². The van der Waals surface area contributed by atoms with Gasteiger partial charge in [0.1, 0.15) is 5.56 Å². The summed E-state index contributed by atoms with van der Waals surface area (Å²) in [6.45, 7) is 0. The van der Waals surface area contributed by atoms with E-state index < -0.39 is 5.97 Å². The smallest absolute Gasteiger partial charge is 0.339 e. The lowest BCUT2D eigenvalue weighted by Gasteiger charge is -2.21. The number of aromatic carboxylic acids is 1. The number of carbonyl (C=O) groups is 2. The fourth-order valence-electron chi connectivity index (χ4n) is 2.87. The molecule has 0 unspecified atom stereocenters. The zero-order valence-electron chi connectivity index (χ0n) is 11.9. The Morgan fingerprint density at radius 3 is 2.62 bits per heavy atom. The molecule has 1 aromatic rings. The summed E-state index contributed by atoms with van der Waals surface area (Å²) >= 11 is 5.87. The SMILES string of the molecule is O=C(CCC1CCCCC1)Nc1cccc(Cl)c1C(=O)O. The van der Waals surface area contributed by atoms with Crippen molar-refractivity contribution in [3.63, 3.8) is 0 Å². The molecular weight excluding hydrogens is 290 g/mol. The van der Waals surface area contributed by atoms with E-state index in [0.717, 1.165) is 6.42 Å². The fraction of sp³-hybridized carbons (Fsp3) is 0.500. The number of carbonyl (C=O) groups excluding carboxylic acids is 1. The first kappa shape index (κ1) is 15.8. The van der Waals surface area contributed by atoms with Crippen LogP contribution in [0.25, 0.3) is 0 Å². The molecule has 0 radical (unpaired) electrons. The van der Waals surface area contributed by atoms with Gasteiger partial charge in [-0.3, -0.25) is 4.79 Å². The van der Waals surface area contributed by atoms with Gasteiger partial charge in [-0.2, -0.15) is 0 Å². The Hall–Kier alpha value is -1.55. The van der Waals surface area contributed by atoms with Crippen molar-refractivity contribution in [1.29, 1.82) is 0 Å². The minimum atomic E-state index is -1.14. The van der Waals surface area contributed by atoms with E-state index in [1.165, 1.54) is 38.2 Å². The number of carboxylic acid groups (broad SMARTS) is 1. The first-order chi connectivity index (χ1) is 10.1. The number of halogens is 1. The van der Waals surface area contributed by atoms with Gasteiger partial charge in [0.05, 0.1) is 10.7 Å². The lowest BCUT2D eigenvalue weighted by molar-refractivity contribution is -0.116. The summed E-state index contributed by atoms with van der Waals surface area (Å²) in [5.41, 5.74) is 0.217. The van der Waals surface area contributed by atoms with Crippen molar-refractivity contribution in [2.24, 2.45) is 5.92 Å². The van der Waals surface area contributed by atoms with Gasteiger partial charge in [0, 0.05) is 6.42 Å². The number of carboxylic acids is 1. The maximum Gasteiger partial charge on any atom is 0.339 e. The Morgan fingerprint density at radius 1 is 1.24 bits per heavy atom. The van der Waals surface area contributed by atoms with Crippen molar-refractivity contribution in [3.05, 3.63) is 28.8 Å². The molecule has 0 atom stereocenters. The molecule has 4 nitrogen and oxygen atoms in total. The second-order valence-corrected chi connectivity index (χ2v) is 5.97. The second kappa shape index (κ2) is 7.46. The summed E-state index contributed by atoms with van der Waals surface area (Å²) in [5.74, 6) is -0.656. The lowest BCUT2D eigenvalue weighted by atomic mass is 9.86. The summed E-state index contributed by atoms with van der Waals surface area (Å²) < 4.78 is 0.